The van der Waals surface area contributed by atoms with Crippen molar-refractivity contribution in [3.8, 4) is 17.4 Å². The van der Waals surface area contributed by atoms with E-state index in [1.807, 2.05) is 32.9 Å². The molecule has 10 heteroatoms. The average Bonchev–Trinajstić information content (AvgIpc) is 2.91. The van der Waals surface area contributed by atoms with E-state index in [0.717, 1.165) is 31.4 Å². The molecule has 1 aliphatic rings. The molecule has 4 rings (SSSR count). The fraction of sp³-hybridized carbons (Fsp3) is 0.355. The number of ether oxygens (including phenoxy) is 3. The quantitative estimate of drug-likeness (QED) is 0.291. The molecule has 1 aromatic heterocycles. The number of carbonyl (C=O) groups excluding carboxylic acids is 2. The van der Waals surface area contributed by atoms with Crippen molar-refractivity contribution in [3.63, 3.8) is 0 Å². The van der Waals surface area contributed by atoms with E-state index in [1.165, 1.54) is 6.07 Å². The molecule has 2 amide bonds. The van der Waals surface area contributed by atoms with Gasteiger partial charge in [0.25, 0.3) is 0 Å². The van der Waals surface area contributed by atoms with Crippen LogP contribution in [0.25, 0.3) is 0 Å². The highest BCUT2D eigenvalue weighted by Crippen LogP contribution is 2.27. The van der Waals surface area contributed by atoms with Crippen LogP contribution in [0.1, 0.15) is 62.4 Å². The molecule has 1 saturated carbocycles. The van der Waals surface area contributed by atoms with Gasteiger partial charge in [0.05, 0.1) is 23.8 Å². The molecular formula is C31H35N3O7. The summed E-state index contributed by atoms with van der Waals surface area (Å²) in [5.41, 5.74) is 0.409. The van der Waals surface area contributed by atoms with Crippen molar-refractivity contribution >= 4 is 23.7 Å². The number of nitrogens with one attached hydrogen (secondary N) is 2. The van der Waals surface area contributed by atoms with Crippen LogP contribution in [0.5, 0.6) is 17.4 Å². The van der Waals surface area contributed by atoms with E-state index in [-0.39, 0.29) is 41.8 Å². The van der Waals surface area contributed by atoms with Crippen molar-refractivity contribution in [2.75, 3.05) is 5.32 Å². The summed E-state index contributed by atoms with van der Waals surface area (Å²) in [6.07, 6.45) is 4.58. The lowest BCUT2D eigenvalue weighted by Gasteiger charge is -2.30. The highest BCUT2D eigenvalue weighted by Gasteiger charge is 2.25. The lowest BCUT2D eigenvalue weighted by atomic mass is 9.93. The topological polar surface area (TPSA) is 136 Å². The maximum Gasteiger partial charge on any atom is 0.407 e. The molecule has 0 bridgehead atoms. The van der Waals surface area contributed by atoms with Gasteiger partial charge in [0.15, 0.2) is 0 Å². The van der Waals surface area contributed by atoms with Gasteiger partial charge in [0, 0.05) is 18.3 Å². The van der Waals surface area contributed by atoms with Crippen molar-refractivity contribution < 1.29 is 33.7 Å². The number of hydrogen-bond donors (Lipinski definition) is 3. The molecule has 1 heterocycles. The standard InChI is InChI=1S/C31H35N3O7/c1-31(2,3)41-30(38)33-21-9-11-22(12-10-21)39-23-13-15-24(16-14-23)40-28-17-8-20(19-32-28)18-27(35)34-26-7-5-4-6-25(26)29(36)37/h4-8,13-17,19,21-22H,9-12,18H2,1-3H3,(H,33,38)(H,34,35)(H,36,37). The monoisotopic (exact) mass is 561 g/mol. The minimum Gasteiger partial charge on any atom is -0.490 e. The van der Waals surface area contributed by atoms with Crippen molar-refractivity contribution in [1.29, 1.82) is 0 Å². The number of aromatic carboxylic acids is 1. The molecule has 216 valence electrons. The van der Waals surface area contributed by atoms with Crippen LogP contribution in [0.15, 0.2) is 66.9 Å². The molecule has 0 saturated heterocycles. The van der Waals surface area contributed by atoms with Gasteiger partial charge in [0.1, 0.15) is 17.1 Å². The van der Waals surface area contributed by atoms with Crippen LogP contribution in [-0.2, 0) is 16.0 Å². The van der Waals surface area contributed by atoms with Gasteiger partial charge in [-0.3, -0.25) is 4.79 Å². The number of hydrogen-bond acceptors (Lipinski definition) is 7. The predicted octanol–water partition coefficient (Wildman–Crippen LogP) is 5.97. The van der Waals surface area contributed by atoms with Gasteiger partial charge >= 0.3 is 12.1 Å². The number of alkyl carbamates (subject to hydrolysis) is 1. The number of nitrogens with zero attached hydrogens (tertiary/aromatic N) is 1. The number of carboxylic acid groups (broad SMARTS) is 1. The molecule has 0 spiro atoms. The first-order valence-electron chi connectivity index (χ1n) is 13.6. The zero-order valence-corrected chi connectivity index (χ0v) is 23.4. The fourth-order valence-corrected chi connectivity index (χ4v) is 4.43. The largest absolute Gasteiger partial charge is 0.490 e. The second-order valence-electron chi connectivity index (χ2n) is 10.9. The third-order valence-corrected chi connectivity index (χ3v) is 6.34. The van der Waals surface area contributed by atoms with Gasteiger partial charge in [-0.25, -0.2) is 14.6 Å². The number of anilines is 1. The highest BCUT2D eigenvalue weighted by molar-refractivity contribution is 6.00. The summed E-state index contributed by atoms with van der Waals surface area (Å²) >= 11 is 0. The lowest BCUT2D eigenvalue weighted by Crippen LogP contribution is -2.42. The first kappa shape index (κ1) is 29.4. The second-order valence-corrected chi connectivity index (χ2v) is 10.9. The second kappa shape index (κ2) is 13.2. The van der Waals surface area contributed by atoms with Crippen LogP contribution < -0.4 is 20.1 Å². The molecule has 1 aliphatic carbocycles. The Balaban J connectivity index is 1.21. The number of carboxylic acids is 1. The van der Waals surface area contributed by atoms with Gasteiger partial charge in [-0.1, -0.05) is 18.2 Å². The first-order chi connectivity index (χ1) is 19.5. The minimum atomic E-state index is -1.11. The molecule has 41 heavy (non-hydrogen) atoms. The number of carbonyl (C=O) groups is 3. The Kier molecular flexibility index (Phi) is 9.44. The summed E-state index contributed by atoms with van der Waals surface area (Å²) < 4.78 is 17.3. The van der Waals surface area contributed by atoms with Crippen LogP contribution in [0.3, 0.4) is 0 Å². The number of pyridine rings is 1. The third kappa shape index (κ3) is 9.23. The highest BCUT2D eigenvalue weighted by atomic mass is 16.6. The fourth-order valence-electron chi connectivity index (χ4n) is 4.43. The Bertz CT molecular complexity index is 1340. The number of benzene rings is 2. The summed E-state index contributed by atoms with van der Waals surface area (Å²) in [7, 11) is 0. The Morgan fingerprint density at radius 1 is 0.927 bits per heavy atom. The number of para-hydroxylation sites is 1. The van der Waals surface area contributed by atoms with E-state index in [0.29, 0.717) is 17.2 Å². The van der Waals surface area contributed by atoms with Crippen LogP contribution in [0.4, 0.5) is 10.5 Å². The van der Waals surface area contributed by atoms with Crippen molar-refractivity contribution in [2.24, 2.45) is 0 Å². The average molecular weight is 562 g/mol. The maximum atomic E-state index is 12.4. The zero-order valence-electron chi connectivity index (χ0n) is 23.4. The Hall–Kier alpha value is -4.60. The molecule has 0 aliphatic heterocycles. The molecule has 2 aromatic carbocycles. The summed E-state index contributed by atoms with van der Waals surface area (Å²) in [5.74, 6) is 0.235. The SMILES string of the molecule is CC(C)(C)OC(=O)NC1CCC(Oc2ccc(Oc3ccc(CC(=O)Nc4ccccc4C(=O)O)cn3)cc2)CC1. The van der Waals surface area contributed by atoms with Crippen LogP contribution >= 0.6 is 0 Å². The van der Waals surface area contributed by atoms with E-state index in [2.05, 4.69) is 15.6 Å². The maximum absolute atomic E-state index is 12.4. The third-order valence-electron chi connectivity index (χ3n) is 6.34. The molecule has 10 nitrogen and oxygen atoms in total. The van der Waals surface area contributed by atoms with Crippen molar-refractivity contribution in [2.45, 2.75) is 70.6 Å². The minimum absolute atomic E-state index is 0.0270. The van der Waals surface area contributed by atoms with E-state index in [1.54, 1.807) is 48.7 Å². The molecule has 3 aromatic rings. The zero-order chi connectivity index (χ0) is 29.4. The van der Waals surface area contributed by atoms with Gasteiger partial charge in [-0.05, 0) is 88.4 Å². The van der Waals surface area contributed by atoms with Gasteiger partial charge in [-0.15, -0.1) is 0 Å². The van der Waals surface area contributed by atoms with E-state index < -0.39 is 11.6 Å². The lowest BCUT2D eigenvalue weighted by molar-refractivity contribution is -0.115. The molecule has 0 atom stereocenters. The Morgan fingerprint density at radius 2 is 1.61 bits per heavy atom. The summed E-state index contributed by atoms with van der Waals surface area (Å²) in [5, 5.41) is 14.8. The van der Waals surface area contributed by atoms with Gasteiger partial charge in [0.2, 0.25) is 11.8 Å². The number of aromatic nitrogens is 1. The molecule has 0 unspecified atom stereocenters. The van der Waals surface area contributed by atoms with Crippen LogP contribution in [-0.4, -0.2) is 45.8 Å². The van der Waals surface area contributed by atoms with Crippen molar-refractivity contribution in [1.82, 2.24) is 10.3 Å². The molecule has 1 fully saturated rings. The van der Waals surface area contributed by atoms with Gasteiger partial charge < -0.3 is 30.0 Å². The molecule has 0 radical (unpaired) electrons. The van der Waals surface area contributed by atoms with Crippen molar-refractivity contribution in [3.05, 3.63) is 78.0 Å². The van der Waals surface area contributed by atoms with Crippen LogP contribution in [0.2, 0.25) is 0 Å². The van der Waals surface area contributed by atoms with E-state index in [4.69, 9.17) is 14.2 Å². The summed E-state index contributed by atoms with van der Waals surface area (Å²) in [6.45, 7) is 5.54. The smallest absolute Gasteiger partial charge is 0.407 e. The van der Waals surface area contributed by atoms with E-state index in [9.17, 15) is 19.5 Å². The van der Waals surface area contributed by atoms with Gasteiger partial charge in [-0.2, -0.15) is 0 Å². The Labute approximate surface area is 239 Å². The van der Waals surface area contributed by atoms with E-state index >= 15 is 0 Å². The number of amides is 2. The number of rotatable bonds is 9. The molecule has 3 N–H and O–H groups in total. The summed E-state index contributed by atoms with van der Waals surface area (Å²) in [6, 6.07) is 17.0. The normalized spacial score (nSPS) is 16.8. The summed E-state index contributed by atoms with van der Waals surface area (Å²) in [4.78, 5) is 40.0. The Morgan fingerprint density at radius 3 is 2.24 bits per heavy atom. The van der Waals surface area contributed by atoms with Crippen LogP contribution in [0, 0.1) is 0 Å². The first-order valence-corrected chi connectivity index (χ1v) is 13.6. The molecular weight excluding hydrogens is 526 g/mol. The predicted molar refractivity (Wildman–Crippen MR) is 153 cm³/mol.